The van der Waals surface area contributed by atoms with Crippen LogP contribution in [0.4, 0.5) is 0 Å². The Morgan fingerprint density at radius 1 is 1.04 bits per heavy atom. The van der Waals surface area contributed by atoms with E-state index in [0.717, 1.165) is 38.0 Å². The average Bonchev–Trinajstić information content (AvgIpc) is 2.74. The summed E-state index contributed by atoms with van der Waals surface area (Å²) in [5, 5.41) is 11.3. The fourth-order valence-corrected chi connectivity index (χ4v) is 3.87. The lowest BCUT2D eigenvalue weighted by atomic mass is 9.85. The molecule has 1 N–H and O–H groups in total. The van der Waals surface area contributed by atoms with Gasteiger partial charge < -0.3 is 9.84 Å². The number of esters is 1. The number of fused-ring (bicyclic) bond motifs is 3. The van der Waals surface area contributed by atoms with Crippen LogP contribution in [0.3, 0.4) is 0 Å². The first-order chi connectivity index (χ1) is 13.1. The third-order valence-corrected chi connectivity index (χ3v) is 5.50. The van der Waals surface area contributed by atoms with Crippen molar-refractivity contribution in [3.63, 3.8) is 0 Å². The number of carbonyl (C=O) groups is 1. The normalized spacial score (nSPS) is 25.7. The zero-order chi connectivity index (χ0) is 18.7. The van der Waals surface area contributed by atoms with Gasteiger partial charge in [0.1, 0.15) is 6.10 Å². The topological polar surface area (TPSA) is 49.8 Å². The summed E-state index contributed by atoms with van der Waals surface area (Å²) in [4.78, 5) is 15.4. The second-order valence-corrected chi connectivity index (χ2v) is 7.27. The highest BCUT2D eigenvalue weighted by molar-refractivity contribution is 5.85. The maximum atomic E-state index is 13.0. The van der Waals surface area contributed by atoms with Crippen molar-refractivity contribution in [3.8, 4) is 11.8 Å². The molecule has 0 aromatic heterocycles. The van der Waals surface area contributed by atoms with Crippen LogP contribution in [0.1, 0.15) is 24.0 Å². The minimum absolute atomic E-state index is 0.172. The second-order valence-electron chi connectivity index (χ2n) is 7.27. The van der Waals surface area contributed by atoms with Crippen LogP contribution in [-0.4, -0.2) is 41.7 Å². The van der Waals surface area contributed by atoms with Gasteiger partial charge in [-0.2, -0.15) is 0 Å². The van der Waals surface area contributed by atoms with Gasteiger partial charge in [-0.1, -0.05) is 54.5 Å². The molecule has 5 rings (SSSR count). The summed E-state index contributed by atoms with van der Waals surface area (Å²) < 4.78 is 5.80. The Bertz CT molecular complexity index is 847. The summed E-state index contributed by atoms with van der Waals surface area (Å²) in [7, 11) is 0. The monoisotopic (exact) mass is 361 g/mol. The fraction of sp³-hybridized carbons (Fsp3) is 0.348. The van der Waals surface area contributed by atoms with Crippen LogP contribution in [0.2, 0.25) is 0 Å². The smallest absolute Gasteiger partial charge is 0.356 e. The molecule has 4 nitrogen and oxygen atoms in total. The maximum absolute atomic E-state index is 13.0. The van der Waals surface area contributed by atoms with Gasteiger partial charge in [-0.3, -0.25) is 4.90 Å². The molecule has 3 aliphatic rings. The Morgan fingerprint density at radius 3 is 2.26 bits per heavy atom. The molecule has 2 aromatic carbocycles. The van der Waals surface area contributed by atoms with Crippen molar-refractivity contribution in [2.45, 2.75) is 24.5 Å². The highest BCUT2D eigenvalue weighted by Gasteiger charge is 2.43. The summed E-state index contributed by atoms with van der Waals surface area (Å²) in [5.41, 5.74) is -0.814. The van der Waals surface area contributed by atoms with Gasteiger partial charge in [0.25, 0.3) is 5.60 Å². The van der Waals surface area contributed by atoms with Crippen molar-refractivity contribution in [1.29, 1.82) is 0 Å². The molecule has 3 aliphatic heterocycles. The van der Waals surface area contributed by atoms with E-state index in [9.17, 15) is 9.90 Å². The molecule has 138 valence electrons. The number of aliphatic hydroxyl groups is 1. The molecule has 3 saturated heterocycles. The number of hydrogen-bond acceptors (Lipinski definition) is 4. The van der Waals surface area contributed by atoms with Crippen LogP contribution in [-0.2, 0) is 15.1 Å². The van der Waals surface area contributed by atoms with E-state index < -0.39 is 11.6 Å². The summed E-state index contributed by atoms with van der Waals surface area (Å²) in [6.07, 6.45) is 1.91. The van der Waals surface area contributed by atoms with Gasteiger partial charge in [0.15, 0.2) is 0 Å². The van der Waals surface area contributed by atoms with Crippen molar-refractivity contribution < 1.29 is 14.6 Å². The number of hydrogen-bond donors (Lipinski definition) is 1. The van der Waals surface area contributed by atoms with Gasteiger partial charge in [0.05, 0.1) is 0 Å². The Morgan fingerprint density at radius 2 is 1.67 bits per heavy atom. The Labute approximate surface area is 159 Å². The molecular formula is C23H23NO3. The van der Waals surface area contributed by atoms with Gasteiger partial charge in [-0.25, -0.2) is 4.79 Å². The third kappa shape index (κ3) is 3.75. The van der Waals surface area contributed by atoms with E-state index in [2.05, 4.69) is 16.7 Å². The van der Waals surface area contributed by atoms with Crippen molar-refractivity contribution in [1.82, 2.24) is 4.90 Å². The van der Waals surface area contributed by atoms with Crippen molar-refractivity contribution in [2.24, 2.45) is 5.92 Å². The number of ether oxygens (including phenoxy) is 1. The minimum Gasteiger partial charge on any atom is -0.458 e. The number of carbonyl (C=O) groups excluding carboxylic acids is 1. The van der Waals surface area contributed by atoms with Crippen LogP contribution in [0.5, 0.6) is 0 Å². The first-order valence-corrected chi connectivity index (χ1v) is 9.45. The first-order valence-electron chi connectivity index (χ1n) is 9.45. The fourth-order valence-electron chi connectivity index (χ4n) is 3.87. The van der Waals surface area contributed by atoms with Crippen molar-refractivity contribution >= 4 is 5.97 Å². The van der Waals surface area contributed by atoms with E-state index in [1.807, 2.05) is 36.4 Å². The lowest BCUT2D eigenvalue weighted by Crippen LogP contribution is -2.53. The van der Waals surface area contributed by atoms with Gasteiger partial charge in [-0.15, -0.1) is 0 Å². The SMILES string of the molecule is O=C(O[C@@H]1CN2CCC1CC2)[C@@](O)(C#Cc1ccccc1)c1ccccc1. The largest absolute Gasteiger partial charge is 0.458 e. The van der Waals surface area contributed by atoms with Crippen molar-refractivity contribution in [2.75, 3.05) is 19.6 Å². The highest BCUT2D eigenvalue weighted by atomic mass is 16.6. The molecule has 27 heavy (non-hydrogen) atoms. The zero-order valence-electron chi connectivity index (χ0n) is 15.2. The van der Waals surface area contributed by atoms with Crippen LogP contribution < -0.4 is 0 Å². The van der Waals surface area contributed by atoms with E-state index >= 15 is 0 Å². The van der Waals surface area contributed by atoms with Crippen LogP contribution in [0.25, 0.3) is 0 Å². The summed E-state index contributed by atoms with van der Waals surface area (Å²) >= 11 is 0. The van der Waals surface area contributed by atoms with Crippen LogP contribution >= 0.6 is 0 Å². The van der Waals surface area contributed by atoms with E-state index in [1.54, 1.807) is 24.3 Å². The minimum atomic E-state index is -1.98. The third-order valence-electron chi connectivity index (χ3n) is 5.50. The Hall–Kier alpha value is -2.61. The molecule has 0 spiro atoms. The number of benzene rings is 2. The molecule has 2 atom stereocenters. The van der Waals surface area contributed by atoms with Gasteiger partial charge in [0.2, 0.25) is 0 Å². The van der Waals surface area contributed by atoms with Gasteiger partial charge in [0, 0.05) is 17.7 Å². The summed E-state index contributed by atoms with van der Waals surface area (Å²) in [6, 6.07) is 18.2. The highest BCUT2D eigenvalue weighted by Crippen LogP contribution is 2.32. The van der Waals surface area contributed by atoms with Gasteiger partial charge >= 0.3 is 5.97 Å². The Balaban J connectivity index is 1.62. The van der Waals surface area contributed by atoms with E-state index in [-0.39, 0.29) is 6.10 Å². The van der Waals surface area contributed by atoms with Crippen molar-refractivity contribution in [3.05, 3.63) is 71.8 Å². The molecule has 0 aliphatic carbocycles. The zero-order valence-corrected chi connectivity index (χ0v) is 15.2. The van der Waals surface area contributed by atoms with Crippen LogP contribution in [0.15, 0.2) is 60.7 Å². The molecule has 0 saturated carbocycles. The molecule has 4 heteroatoms. The number of nitrogens with zero attached hydrogens (tertiary/aromatic N) is 1. The van der Waals surface area contributed by atoms with E-state index in [1.165, 1.54) is 0 Å². The molecule has 0 amide bonds. The lowest BCUT2D eigenvalue weighted by Gasteiger charge is -2.44. The number of rotatable bonds is 3. The Kier molecular flexibility index (Phi) is 4.98. The lowest BCUT2D eigenvalue weighted by molar-refractivity contribution is -0.175. The standard InChI is InChI=1S/C23H23NO3/c25-22(27-21-17-24-15-12-19(21)13-16-24)23(26,20-9-5-2-6-10-20)14-11-18-7-3-1-4-8-18/h1-10,19,21,26H,12-13,15-17H2/t21-,23-/m1/s1. The summed E-state index contributed by atoms with van der Waals surface area (Å²) in [6.45, 7) is 2.87. The predicted molar refractivity (Wildman–Crippen MR) is 103 cm³/mol. The average molecular weight is 361 g/mol. The van der Waals surface area contributed by atoms with E-state index in [0.29, 0.717) is 11.5 Å². The quantitative estimate of drug-likeness (QED) is 0.674. The molecule has 2 aromatic rings. The molecule has 0 radical (unpaired) electrons. The molecule has 2 bridgehead atoms. The maximum Gasteiger partial charge on any atom is 0.356 e. The molecule has 3 fully saturated rings. The van der Waals surface area contributed by atoms with Crippen LogP contribution in [0, 0.1) is 17.8 Å². The molecular weight excluding hydrogens is 338 g/mol. The van der Waals surface area contributed by atoms with Gasteiger partial charge in [-0.05, 0) is 49.9 Å². The second kappa shape index (κ2) is 7.56. The number of piperidine rings is 3. The van der Waals surface area contributed by atoms with E-state index in [4.69, 9.17) is 4.74 Å². The summed E-state index contributed by atoms with van der Waals surface area (Å²) in [5.74, 6) is 5.40. The predicted octanol–water partition coefficient (Wildman–Crippen LogP) is 2.56. The molecule has 3 heterocycles. The first kappa shape index (κ1) is 17.8. The molecule has 0 unspecified atom stereocenters.